The van der Waals surface area contributed by atoms with E-state index in [2.05, 4.69) is 37.2 Å². The van der Waals surface area contributed by atoms with Crippen LogP contribution in [0.15, 0.2) is 24.3 Å². The van der Waals surface area contributed by atoms with Crippen molar-refractivity contribution in [3.05, 3.63) is 35.4 Å². The maximum absolute atomic E-state index is 14.3. The van der Waals surface area contributed by atoms with Crippen LogP contribution in [-0.2, 0) is 44.8 Å². The molecule has 1 unspecified atom stereocenters. The Balaban J connectivity index is 3.55. The summed E-state index contributed by atoms with van der Waals surface area (Å²) < 4.78 is 0. The second-order valence-electron chi connectivity index (χ2n) is 15.3. The molecule has 57 heavy (non-hydrogen) atoms. The van der Waals surface area contributed by atoms with Crippen molar-refractivity contribution < 1.29 is 53.5 Å². The molecule has 1 aromatic carbocycles. The van der Waals surface area contributed by atoms with Gasteiger partial charge >= 0.3 is 13.1 Å². The number of carbonyl (C=O) groups excluding carboxylic acids is 7. The second-order valence-corrected chi connectivity index (χ2v) is 16.3. The number of nitrogens with one attached hydrogen (secondary N) is 7. The molecule has 318 valence electrons. The van der Waals surface area contributed by atoms with Crippen LogP contribution in [0, 0.1) is 18.3 Å². The summed E-state index contributed by atoms with van der Waals surface area (Å²) >= 11 is 1.05. The van der Waals surface area contributed by atoms with Gasteiger partial charge in [0.25, 0.3) is 0 Å². The molecule has 20 heteroatoms. The maximum Gasteiger partial charge on any atom is 0.475 e. The van der Waals surface area contributed by atoms with Crippen molar-refractivity contribution in [3.8, 4) is 0 Å². The van der Waals surface area contributed by atoms with Crippen molar-refractivity contribution >= 4 is 66.2 Å². The van der Waals surface area contributed by atoms with Crippen molar-refractivity contribution in [1.82, 2.24) is 37.2 Å². The minimum absolute atomic E-state index is 0.0459. The highest BCUT2D eigenvalue weighted by atomic mass is 32.2. The molecule has 0 aliphatic rings. The van der Waals surface area contributed by atoms with Gasteiger partial charge in [0.2, 0.25) is 41.4 Å². The second kappa shape index (κ2) is 24.2. The molecule has 10 N–H and O–H groups in total. The third-order valence-electron chi connectivity index (χ3n) is 8.61. The number of carboxylic acid groups (broad SMARTS) is 1. The number of aliphatic carboxylic acids is 1. The average molecular weight is 822 g/mol. The van der Waals surface area contributed by atoms with Gasteiger partial charge in [0.1, 0.15) is 30.2 Å². The third kappa shape index (κ3) is 18.9. The topological polar surface area (TPSA) is 281 Å². The lowest BCUT2D eigenvalue weighted by atomic mass is 9.77. The summed E-state index contributed by atoms with van der Waals surface area (Å²) in [6.45, 7) is 14.6. The molecule has 0 fully saturated rings. The van der Waals surface area contributed by atoms with Crippen LogP contribution >= 0.6 is 11.8 Å². The Morgan fingerprint density at radius 2 is 1.28 bits per heavy atom. The summed E-state index contributed by atoms with van der Waals surface area (Å²) in [6.07, 6.45) is -0.447. The molecule has 0 heterocycles. The number of carboxylic acids is 1. The van der Waals surface area contributed by atoms with E-state index in [-0.39, 0.29) is 42.7 Å². The van der Waals surface area contributed by atoms with Gasteiger partial charge in [-0.05, 0) is 42.2 Å². The Kier molecular flexibility index (Phi) is 21.3. The largest absolute Gasteiger partial charge is 0.481 e. The van der Waals surface area contributed by atoms with Gasteiger partial charge in [-0.2, -0.15) is 0 Å². The lowest BCUT2D eigenvalue weighted by molar-refractivity contribution is -0.141. The summed E-state index contributed by atoms with van der Waals surface area (Å²) in [4.78, 5) is 103. The SMILES string of the molecule is CCC(NC(=O)[C@H](CC(C)C)NC(=O)[C@@H](NC(=O)[C@H](Cc1ccccc1C)NC(=O)[C@H](CSCNC(C)=O)NC(=O)[C@H](CC(=O)O)NC(C)=O)C(C)(C)C)B(O)O. The van der Waals surface area contributed by atoms with Gasteiger partial charge in [-0.1, -0.05) is 65.8 Å². The molecule has 18 nitrogen and oxygen atoms in total. The predicted molar refractivity (Wildman–Crippen MR) is 215 cm³/mol. The molecule has 0 spiro atoms. The zero-order valence-electron chi connectivity index (χ0n) is 34.2. The molecule has 0 aromatic heterocycles. The monoisotopic (exact) mass is 821 g/mol. The lowest BCUT2D eigenvalue weighted by Crippen LogP contribution is -2.62. The number of thioether (sulfide) groups is 1. The van der Waals surface area contributed by atoms with Gasteiger partial charge in [-0.3, -0.25) is 38.4 Å². The minimum atomic E-state index is -1.83. The van der Waals surface area contributed by atoms with E-state index in [1.165, 1.54) is 6.92 Å². The molecule has 0 saturated carbocycles. The van der Waals surface area contributed by atoms with E-state index in [1.807, 2.05) is 26.8 Å². The number of aryl methyl sites for hydroxylation is 1. The number of rotatable bonds is 23. The van der Waals surface area contributed by atoms with Gasteiger partial charge in [-0.15, -0.1) is 11.8 Å². The molecule has 0 aliphatic heterocycles. The zero-order chi connectivity index (χ0) is 43.6. The van der Waals surface area contributed by atoms with Crippen molar-refractivity contribution in [2.45, 2.75) is 124 Å². The molecule has 0 saturated heterocycles. The van der Waals surface area contributed by atoms with Crippen LogP contribution in [0.3, 0.4) is 0 Å². The number of hydrogen-bond donors (Lipinski definition) is 10. The van der Waals surface area contributed by atoms with Gasteiger partial charge < -0.3 is 52.4 Å². The average Bonchev–Trinajstić information content (AvgIpc) is 3.08. The minimum Gasteiger partial charge on any atom is -0.481 e. The standard InChI is InChI=1S/C37H60BN7O11S/c1-10-29(38(55)56)44-33(51)25(15-20(2)3)42-36(54)31(37(7,8)9)45-34(52)26(16-24-14-12-11-13-21(24)4)41-35(53)28(18-57-19-39-22(5)46)43-32(50)27(17-30(48)49)40-23(6)47/h11-14,20,25-29,31,55-56H,10,15-19H2,1-9H3,(H,39,46)(H,40,47)(H,41,53)(H,42,54)(H,43,50)(H,44,51)(H,45,52)(H,48,49)/t25-,26-,27-,28-,29?,31+/m0/s1. The number of benzene rings is 1. The Bertz CT molecular complexity index is 1560. The van der Waals surface area contributed by atoms with Crippen LogP contribution in [0.4, 0.5) is 0 Å². The first kappa shape index (κ1) is 50.3. The van der Waals surface area contributed by atoms with Crippen molar-refractivity contribution in [3.63, 3.8) is 0 Å². The highest BCUT2D eigenvalue weighted by Gasteiger charge is 2.38. The van der Waals surface area contributed by atoms with Crippen molar-refractivity contribution in [2.24, 2.45) is 11.3 Å². The maximum atomic E-state index is 14.3. The van der Waals surface area contributed by atoms with E-state index in [0.29, 0.717) is 5.56 Å². The summed E-state index contributed by atoms with van der Waals surface area (Å²) in [7, 11) is -1.83. The summed E-state index contributed by atoms with van der Waals surface area (Å²) in [5, 5.41) is 46.6. The molecule has 0 aliphatic carbocycles. The highest BCUT2D eigenvalue weighted by Crippen LogP contribution is 2.21. The van der Waals surface area contributed by atoms with E-state index in [9.17, 15) is 53.5 Å². The van der Waals surface area contributed by atoms with Crippen LogP contribution in [0.25, 0.3) is 0 Å². The van der Waals surface area contributed by atoms with E-state index in [1.54, 1.807) is 45.9 Å². The van der Waals surface area contributed by atoms with Crippen molar-refractivity contribution in [2.75, 3.05) is 11.6 Å². The van der Waals surface area contributed by atoms with Gasteiger partial charge in [0.15, 0.2) is 0 Å². The normalized spacial score (nSPS) is 14.4. The van der Waals surface area contributed by atoms with E-state index in [4.69, 9.17) is 0 Å². The summed E-state index contributed by atoms with van der Waals surface area (Å²) in [6, 6.07) is 0.477. The molecule has 0 bridgehead atoms. The van der Waals surface area contributed by atoms with Gasteiger partial charge in [-0.25, -0.2) is 0 Å². The highest BCUT2D eigenvalue weighted by molar-refractivity contribution is 7.99. The van der Waals surface area contributed by atoms with E-state index in [0.717, 1.165) is 24.2 Å². The number of carbonyl (C=O) groups is 8. The van der Waals surface area contributed by atoms with Crippen LogP contribution in [-0.4, -0.2) is 117 Å². The van der Waals surface area contributed by atoms with Crippen LogP contribution in [0.2, 0.25) is 0 Å². The van der Waals surface area contributed by atoms with Gasteiger partial charge in [0.05, 0.1) is 18.2 Å². The summed E-state index contributed by atoms with van der Waals surface area (Å²) in [5.41, 5.74) is 0.522. The first-order valence-electron chi connectivity index (χ1n) is 18.7. The fraction of sp³-hybridized carbons (Fsp3) is 0.622. The predicted octanol–water partition coefficient (Wildman–Crippen LogP) is -0.718. The fourth-order valence-corrected chi connectivity index (χ4v) is 6.40. The van der Waals surface area contributed by atoms with Crippen LogP contribution in [0.5, 0.6) is 0 Å². The van der Waals surface area contributed by atoms with E-state index >= 15 is 0 Å². The Hall–Kier alpha value is -4.69. The Morgan fingerprint density at radius 1 is 0.737 bits per heavy atom. The van der Waals surface area contributed by atoms with Crippen molar-refractivity contribution in [1.29, 1.82) is 0 Å². The fourth-order valence-electron chi connectivity index (χ4n) is 5.50. The molecular weight excluding hydrogens is 761 g/mol. The first-order chi connectivity index (χ1) is 26.5. The molecule has 1 rings (SSSR count). The van der Waals surface area contributed by atoms with Crippen LogP contribution in [0.1, 0.15) is 85.8 Å². The first-order valence-corrected chi connectivity index (χ1v) is 19.9. The van der Waals surface area contributed by atoms with Gasteiger partial charge in [0, 0.05) is 26.0 Å². The Labute approximate surface area is 338 Å². The smallest absolute Gasteiger partial charge is 0.475 e. The summed E-state index contributed by atoms with van der Waals surface area (Å²) in [5.74, 6) is -7.54. The lowest BCUT2D eigenvalue weighted by Gasteiger charge is -2.34. The molecular formula is C37H60BN7O11S. The van der Waals surface area contributed by atoms with Crippen LogP contribution < -0.4 is 37.2 Å². The Morgan fingerprint density at radius 3 is 1.79 bits per heavy atom. The zero-order valence-corrected chi connectivity index (χ0v) is 35.0. The number of hydrogen-bond acceptors (Lipinski definition) is 11. The molecule has 1 aromatic rings. The molecule has 0 radical (unpaired) electrons. The quantitative estimate of drug-likeness (QED) is 0.0372. The molecule has 6 atom stereocenters. The number of amides is 7. The molecule has 7 amide bonds. The van der Waals surface area contributed by atoms with E-state index < -0.39 is 96.5 Å². The third-order valence-corrected chi connectivity index (χ3v) is 9.53.